The summed E-state index contributed by atoms with van der Waals surface area (Å²) in [4.78, 5) is 14.4. The molecule has 0 aliphatic carbocycles. The first-order valence-electron chi connectivity index (χ1n) is 6.73. The van der Waals surface area contributed by atoms with E-state index in [-0.39, 0.29) is 11.9 Å². The maximum Gasteiger partial charge on any atom is 0.255 e. The molecule has 0 fully saturated rings. The van der Waals surface area contributed by atoms with Gasteiger partial charge in [0.15, 0.2) is 0 Å². The van der Waals surface area contributed by atoms with E-state index in [1.165, 1.54) is 5.56 Å². The van der Waals surface area contributed by atoms with Gasteiger partial charge in [-0.1, -0.05) is 12.1 Å². The fourth-order valence-electron chi connectivity index (χ4n) is 2.18. The maximum atomic E-state index is 12.3. The first kappa shape index (κ1) is 15.5. The van der Waals surface area contributed by atoms with Crippen LogP contribution in [0.15, 0.2) is 41.1 Å². The van der Waals surface area contributed by atoms with Gasteiger partial charge in [-0.3, -0.25) is 4.79 Å². The SMILES string of the molecule is COc1ccccc1C(=O)NC[C@@H](c1ccsc1)N(C)C. The summed E-state index contributed by atoms with van der Waals surface area (Å²) < 4.78 is 5.22. The van der Waals surface area contributed by atoms with E-state index in [2.05, 4.69) is 21.7 Å². The van der Waals surface area contributed by atoms with Crippen molar-refractivity contribution in [3.8, 4) is 5.75 Å². The number of methoxy groups -OCH3 is 1. The van der Waals surface area contributed by atoms with Crippen LogP contribution < -0.4 is 10.1 Å². The third-order valence-corrected chi connectivity index (χ3v) is 4.06. The Morgan fingerprint density at radius 3 is 2.71 bits per heavy atom. The van der Waals surface area contributed by atoms with Gasteiger partial charge in [-0.05, 0) is 48.6 Å². The molecule has 1 atom stereocenters. The Morgan fingerprint density at radius 2 is 2.10 bits per heavy atom. The highest BCUT2D eigenvalue weighted by Crippen LogP contribution is 2.21. The molecule has 1 aromatic carbocycles. The smallest absolute Gasteiger partial charge is 0.255 e. The summed E-state index contributed by atoms with van der Waals surface area (Å²) in [5, 5.41) is 7.15. The Bertz CT molecular complexity index is 582. The number of ether oxygens (including phenoxy) is 1. The van der Waals surface area contributed by atoms with E-state index in [1.807, 2.05) is 31.6 Å². The van der Waals surface area contributed by atoms with E-state index in [9.17, 15) is 4.79 Å². The number of amides is 1. The zero-order valence-corrected chi connectivity index (χ0v) is 13.3. The minimum absolute atomic E-state index is 0.116. The third kappa shape index (κ3) is 3.83. The first-order chi connectivity index (χ1) is 10.1. The number of nitrogens with one attached hydrogen (secondary N) is 1. The Hall–Kier alpha value is -1.85. The molecular weight excluding hydrogens is 284 g/mol. The van der Waals surface area contributed by atoms with Gasteiger partial charge in [0.05, 0.1) is 18.7 Å². The monoisotopic (exact) mass is 304 g/mol. The molecule has 112 valence electrons. The van der Waals surface area contributed by atoms with Crippen LogP contribution in [0, 0.1) is 0 Å². The van der Waals surface area contributed by atoms with Crippen molar-refractivity contribution in [3.63, 3.8) is 0 Å². The maximum absolute atomic E-state index is 12.3. The quantitative estimate of drug-likeness (QED) is 0.892. The summed E-state index contributed by atoms with van der Waals surface area (Å²) in [6, 6.07) is 9.49. The van der Waals surface area contributed by atoms with Gasteiger partial charge in [0.2, 0.25) is 0 Å². The standard InChI is InChI=1S/C16H20N2O2S/c1-18(2)14(12-8-9-21-11-12)10-17-16(19)13-6-4-5-7-15(13)20-3/h4-9,11,14H,10H2,1-3H3,(H,17,19)/t14-/m0/s1. The van der Waals surface area contributed by atoms with Gasteiger partial charge in [-0.25, -0.2) is 0 Å². The highest BCUT2D eigenvalue weighted by molar-refractivity contribution is 7.07. The van der Waals surface area contributed by atoms with Gasteiger partial charge in [0, 0.05) is 6.54 Å². The molecule has 0 bridgehead atoms. The van der Waals surface area contributed by atoms with Crippen LogP contribution in [0.2, 0.25) is 0 Å². The number of rotatable bonds is 6. The number of para-hydroxylation sites is 1. The molecule has 1 amide bonds. The van der Waals surface area contributed by atoms with Crippen molar-refractivity contribution in [3.05, 3.63) is 52.2 Å². The number of hydrogen-bond donors (Lipinski definition) is 1. The van der Waals surface area contributed by atoms with Gasteiger partial charge in [0.25, 0.3) is 5.91 Å². The van der Waals surface area contributed by atoms with Crippen molar-refractivity contribution in [2.45, 2.75) is 6.04 Å². The number of thiophene rings is 1. The molecule has 0 aliphatic rings. The van der Waals surface area contributed by atoms with Crippen molar-refractivity contribution in [1.82, 2.24) is 10.2 Å². The molecule has 0 unspecified atom stereocenters. The summed E-state index contributed by atoms with van der Waals surface area (Å²) in [7, 11) is 5.59. The van der Waals surface area contributed by atoms with Crippen LogP contribution >= 0.6 is 11.3 Å². The molecule has 0 saturated carbocycles. The molecular formula is C16H20N2O2S. The van der Waals surface area contributed by atoms with Gasteiger partial charge in [0.1, 0.15) is 5.75 Å². The van der Waals surface area contributed by atoms with Crippen LogP contribution in [-0.2, 0) is 0 Å². The van der Waals surface area contributed by atoms with E-state index < -0.39 is 0 Å². The fraction of sp³-hybridized carbons (Fsp3) is 0.312. The lowest BCUT2D eigenvalue weighted by molar-refractivity contribution is 0.0939. The molecule has 0 radical (unpaired) electrons. The Balaban J connectivity index is 2.06. The van der Waals surface area contributed by atoms with Crippen LogP contribution in [0.25, 0.3) is 0 Å². The normalized spacial score (nSPS) is 12.2. The minimum Gasteiger partial charge on any atom is -0.496 e. The lowest BCUT2D eigenvalue weighted by Gasteiger charge is -2.24. The predicted octanol–water partition coefficient (Wildman–Crippen LogP) is 2.79. The Morgan fingerprint density at radius 1 is 1.33 bits per heavy atom. The average Bonchev–Trinajstić information content (AvgIpc) is 3.01. The molecule has 4 nitrogen and oxygen atoms in total. The van der Waals surface area contributed by atoms with E-state index in [0.29, 0.717) is 17.9 Å². The molecule has 0 aliphatic heterocycles. The van der Waals surface area contributed by atoms with Crippen LogP contribution in [0.3, 0.4) is 0 Å². The summed E-state index contributed by atoms with van der Waals surface area (Å²) >= 11 is 1.66. The largest absolute Gasteiger partial charge is 0.496 e. The number of carbonyl (C=O) groups is 1. The van der Waals surface area contributed by atoms with Crippen molar-refractivity contribution in [1.29, 1.82) is 0 Å². The first-order valence-corrected chi connectivity index (χ1v) is 7.67. The van der Waals surface area contributed by atoms with Crippen LogP contribution in [0.1, 0.15) is 22.0 Å². The lowest BCUT2D eigenvalue weighted by Crippen LogP contribution is -2.34. The highest BCUT2D eigenvalue weighted by Gasteiger charge is 2.17. The fourth-order valence-corrected chi connectivity index (χ4v) is 2.89. The summed E-state index contributed by atoms with van der Waals surface area (Å²) in [5.74, 6) is 0.474. The second kappa shape index (κ2) is 7.24. The molecule has 1 aromatic heterocycles. The summed E-state index contributed by atoms with van der Waals surface area (Å²) in [6.07, 6.45) is 0. The summed E-state index contributed by atoms with van der Waals surface area (Å²) in [6.45, 7) is 0.556. The van der Waals surface area contributed by atoms with Crippen molar-refractivity contribution in [2.24, 2.45) is 0 Å². The zero-order valence-electron chi connectivity index (χ0n) is 12.5. The number of likely N-dealkylation sites (N-methyl/N-ethyl adjacent to an activating group) is 1. The predicted molar refractivity (Wildman–Crippen MR) is 86.1 cm³/mol. The van der Waals surface area contributed by atoms with Gasteiger partial charge in [-0.15, -0.1) is 0 Å². The van der Waals surface area contributed by atoms with Gasteiger partial charge >= 0.3 is 0 Å². The van der Waals surface area contributed by atoms with Crippen molar-refractivity contribution < 1.29 is 9.53 Å². The molecule has 2 aromatic rings. The Labute approximate surface area is 129 Å². The molecule has 0 spiro atoms. The minimum atomic E-state index is -0.116. The van der Waals surface area contributed by atoms with E-state index in [4.69, 9.17) is 4.74 Å². The Kier molecular flexibility index (Phi) is 5.36. The molecule has 21 heavy (non-hydrogen) atoms. The highest BCUT2D eigenvalue weighted by atomic mass is 32.1. The molecule has 0 saturated heterocycles. The second-order valence-corrected chi connectivity index (χ2v) is 5.73. The number of nitrogens with zero attached hydrogens (tertiary/aromatic N) is 1. The van der Waals surface area contributed by atoms with Crippen LogP contribution in [0.5, 0.6) is 5.75 Å². The summed E-state index contributed by atoms with van der Waals surface area (Å²) in [5.41, 5.74) is 1.77. The van der Waals surface area contributed by atoms with Crippen LogP contribution in [0.4, 0.5) is 0 Å². The third-order valence-electron chi connectivity index (χ3n) is 3.36. The van der Waals surface area contributed by atoms with E-state index >= 15 is 0 Å². The average molecular weight is 304 g/mol. The molecule has 5 heteroatoms. The van der Waals surface area contributed by atoms with E-state index in [1.54, 1.807) is 30.6 Å². The number of benzene rings is 1. The van der Waals surface area contributed by atoms with Gasteiger partial charge < -0.3 is 15.0 Å². The number of carbonyl (C=O) groups excluding carboxylic acids is 1. The lowest BCUT2D eigenvalue weighted by atomic mass is 10.1. The molecule has 1 heterocycles. The van der Waals surface area contributed by atoms with Gasteiger partial charge in [-0.2, -0.15) is 11.3 Å². The molecule has 1 N–H and O–H groups in total. The topological polar surface area (TPSA) is 41.6 Å². The zero-order chi connectivity index (χ0) is 15.2. The van der Waals surface area contributed by atoms with E-state index in [0.717, 1.165) is 0 Å². The van der Waals surface area contributed by atoms with Crippen molar-refractivity contribution in [2.75, 3.05) is 27.7 Å². The number of hydrogen-bond acceptors (Lipinski definition) is 4. The van der Waals surface area contributed by atoms with Crippen LogP contribution in [-0.4, -0.2) is 38.6 Å². The molecule has 2 rings (SSSR count). The van der Waals surface area contributed by atoms with Crippen molar-refractivity contribution >= 4 is 17.2 Å². The second-order valence-electron chi connectivity index (χ2n) is 4.95.